The molecule has 0 aromatic carbocycles. The molecule has 0 aliphatic carbocycles. The summed E-state index contributed by atoms with van der Waals surface area (Å²) in [5.74, 6) is 0. The quantitative estimate of drug-likeness (QED) is 0.506. The Morgan fingerprint density at radius 3 is 2.30 bits per heavy atom. The van der Waals surface area contributed by atoms with Gasteiger partial charge in [-0.15, -0.1) is 0 Å². The Morgan fingerprint density at radius 1 is 1.50 bits per heavy atom. The van der Waals surface area contributed by atoms with Crippen molar-refractivity contribution >= 4 is 0 Å². The van der Waals surface area contributed by atoms with E-state index in [4.69, 9.17) is 0 Å². The monoisotopic (exact) mass is 139 g/mol. The number of hydrogen-bond donors (Lipinski definition) is 1. The van der Waals surface area contributed by atoms with Crippen LogP contribution in [-0.4, -0.2) is 12.6 Å². The Kier molecular flexibility index (Phi) is 1.86. The third kappa shape index (κ3) is 1.40. The molecular formula is C9H17N. The molecule has 1 rings (SSSR count). The number of hydrogen-bond acceptors (Lipinski definition) is 1. The fourth-order valence-electron chi connectivity index (χ4n) is 1.59. The minimum absolute atomic E-state index is 0.350. The van der Waals surface area contributed by atoms with Gasteiger partial charge in [-0.05, 0) is 12.3 Å². The van der Waals surface area contributed by atoms with Crippen LogP contribution in [-0.2, 0) is 0 Å². The summed E-state index contributed by atoms with van der Waals surface area (Å²) in [4.78, 5) is 0. The maximum atomic E-state index is 3.38. The van der Waals surface area contributed by atoms with E-state index in [-0.39, 0.29) is 0 Å². The molecule has 0 aromatic heterocycles. The van der Waals surface area contributed by atoms with Crippen LogP contribution in [0.25, 0.3) is 0 Å². The molecule has 1 heteroatoms. The summed E-state index contributed by atoms with van der Waals surface area (Å²) in [5, 5.41) is 3.38. The molecule has 0 radical (unpaired) electrons. The second kappa shape index (κ2) is 2.39. The summed E-state index contributed by atoms with van der Waals surface area (Å²) in [6.45, 7) is 10.1. The summed E-state index contributed by atoms with van der Waals surface area (Å²) in [5.41, 5.74) is 1.90. The predicted molar refractivity (Wildman–Crippen MR) is 45.0 cm³/mol. The van der Waals surface area contributed by atoms with Crippen molar-refractivity contribution in [2.24, 2.45) is 5.41 Å². The van der Waals surface area contributed by atoms with Crippen LogP contribution in [0.2, 0.25) is 0 Å². The molecule has 0 unspecified atom stereocenters. The van der Waals surface area contributed by atoms with Crippen molar-refractivity contribution in [1.29, 1.82) is 0 Å². The highest BCUT2D eigenvalue weighted by atomic mass is 14.9. The second-order valence-corrected chi connectivity index (χ2v) is 4.04. The van der Waals surface area contributed by atoms with Crippen molar-refractivity contribution in [2.75, 3.05) is 6.54 Å². The fraction of sp³-hybridized carbons (Fsp3) is 0.778. The molecule has 0 fully saturated rings. The zero-order chi connectivity index (χ0) is 7.78. The topological polar surface area (TPSA) is 12.0 Å². The Balaban J connectivity index is 2.72. The third-order valence-electron chi connectivity index (χ3n) is 2.08. The predicted octanol–water partition coefficient (Wildman–Crippen LogP) is 1.95. The van der Waals surface area contributed by atoms with Gasteiger partial charge in [0.15, 0.2) is 0 Å². The van der Waals surface area contributed by atoms with Crippen molar-refractivity contribution in [3.05, 3.63) is 11.6 Å². The van der Waals surface area contributed by atoms with Gasteiger partial charge >= 0.3 is 0 Å². The molecule has 0 amide bonds. The highest BCUT2D eigenvalue weighted by Gasteiger charge is 2.24. The van der Waals surface area contributed by atoms with Gasteiger partial charge in [0.1, 0.15) is 0 Å². The molecule has 0 saturated carbocycles. The van der Waals surface area contributed by atoms with E-state index in [0.29, 0.717) is 11.5 Å². The van der Waals surface area contributed by atoms with Crippen LogP contribution in [0.4, 0.5) is 0 Å². The lowest BCUT2D eigenvalue weighted by Crippen LogP contribution is -2.26. The standard InChI is InChI=1S/C9H17N/c1-7-8(5-6-10-7)9(2,3)4/h5,7,10H,6H2,1-4H3/t7-/m0/s1. The largest absolute Gasteiger partial charge is 0.307 e. The summed E-state index contributed by atoms with van der Waals surface area (Å²) >= 11 is 0. The molecule has 0 bridgehead atoms. The molecule has 1 aliphatic heterocycles. The molecular weight excluding hydrogens is 122 g/mol. The van der Waals surface area contributed by atoms with E-state index < -0.39 is 0 Å². The summed E-state index contributed by atoms with van der Waals surface area (Å²) in [6, 6.07) is 0.583. The van der Waals surface area contributed by atoms with Gasteiger partial charge in [0, 0.05) is 12.6 Å². The molecule has 1 nitrogen and oxygen atoms in total. The SMILES string of the molecule is C[C@@H]1NCC=C1C(C)(C)C. The van der Waals surface area contributed by atoms with Crippen molar-refractivity contribution in [3.63, 3.8) is 0 Å². The fourth-order valence-corrected chi connectivity index (χ4v) is 1.59. The second-order valence-electron chi connectivity index (χ2n) is 4.04. The van der Waals surface area contributed by atoms with Crippen LogP contribution in [0.1, 0.15) is 27.7 Å². The lowest BCUT2D eigenvalue weighted by Gasteiger charge is -2.24. The van der Waals surface area contributed by atoms with E-state index in [9.17, 15) is 0 Å². The zero-order valence-corrected chi connectivity index (χ0v) is 7.36. The summed E-state index contributed by atoms with van der Waals surface area (Å²) < 4.78 is 0. The van der Waals surface area contributed by atoms with Gasteiger partial charge in [-0.2, -0.15) is 0 Å². The van der Waals surface area contributed by atoms with Crippen LogP contribution >= 0.6 is 0 Å². The van der Waals surface area contributed by atoms with E-state index in [2.05, 4.69) is 39.1 Å². The van der Waals surface area contributed by atoms with Crippen LogP contribution in [0, 0.1) is 5.41 Å². The Labute approximate surface area is 63.5 Å². The minimum Gasteiger partial charge on any atom is -0.307 e. The lowest BCUT2D eigenvalue weighted by molar-refractivity contribution is 0.463. The first-order valence-electron chi connectivity index (χ1n) is 3.96. The van der Waals surface area contributed by atoms with Gasteiger partial charge in [0.25, 0.3) is 0 Å². The average molecular weight is 139 g/mol. The first-order valence-corrected chi connectivity index (χ1v) is 3.96. The Morgan fingerprint density at radius 2 is 2.10 bits per heavy atom. The molecule has 1 atom stereocenters. The first kappa shape index (κ1) is 7.80. The van der Waals surface area contributed by atoms with Gasteiger partial charge < -0.3 is 5.32 Å². The minimum atomic E-state index is 0.350. The summed E-state index contributed by atoms with van der Waals surface area (Å²) in [7, 11) is 0. The van der Waals surface area contributed by atoms with Crippen LogP contribution < -0.4 is 5.32 Å². The van der Waals surface area contributed by atoms with Crippen LogP contribution in [0.5, 0.6) is 0 Å². The molecule has 0 saturated heterocycles. The normalized spacial score (nSPS) is 26.8. The molecule has 1 aliphatic rings. The van der Waals surface area contributed by atoms with E-state index >= 15 is 0 Å². The van der Waals surface area contributed by atoms with Gasteiger partial charge in [-0.25, -0.2) is 0 Å². The van der Waals surface area contributed by atoms with E-state index in [1.54, 1.807) is 5.57 Å². The van der Waals surface area contributed by atoms with Gasteiger partial charge in [-0.1, -0.05) is 32.4 Å². The maximum absolute atomic E-state index is 3.38. The molecule has 58 valence electrons. The molecule has 10 heavy (non-hydrogen) atoms. The number of rotatable bonds is 0. The Hall–Kier alpha value is -0.300. The Bertz CT molecular complexity index is 151. The lowest BCUT2D eigenvalue weighted by atomic mass is 9.84. The van der Waals surface area contributed by atoms with Gasteiger partial charge in [0.05, 0.1) is 0 Å². The van der Waals surface area contributed by atoms with E-state index in [0.717, 1.165) is 6.54 Å². The zero-order valence-electron chi connectivity index (χ0n) is 7.36. The third-order valence-corrected chi connectivity index (χ3v) is 2.08. The van der Waals surface area contributed by atoms with Crippen molar-refractivity contribution in [1.82, 2.24) is 5.32 Å². The molecule has 1 heterocycles. The maximum Gasteiger partial charge on any atom is 0.0259 e. The van der Waals surface area contributed by atoms with Gasteiger partial charge in [-0.3, -0.25) is 0 Å². The summed E-state index contributed by atoms with van der Waals surface area (Å²) in [6.07, 6.45) is 2.31. The van der Waals surface area contributed by atoms with Crippen LogP contribution in [0.3, 0.4) is 0 Å². The number of nitrogens with one attached hydrogen (secondary N) is 1. The van der Waals surface area contributed by atoms with Gasteiger partial charge in [0.2, 0.25) is 0 Å². The smallest absolute Gasteiger partial charge is 0.0259 e. The first-order chi connectivity index (χ1) is 4.52. The van der Waals surface area contributed by atoms with Crippen LogP contribution in [0.15, 0.2) is 11.6 Å². The molecule has 0 aromatic rings. The van der Waals surface area contributed by atoms with E-state index in [1.807, 2.05) is 0 Å². The highest BCUT2D eigenvalue weighted by Crippen LogP contribution is 2.29. The highest BCUT2D eigenvalue weighted by molar-refractivity contribution is 5.22. The van der Waals surface area contributed by atoms with E-state index in [1.165, 1.54) is 0 Å². The van der Waals surface area contributed by atoms with Crippen molar-refractivity contribution in [3.8, 4) is 0 Å². The molecule has 0 spiro atoms. The molecule has 1 N–H and O–H groups in total. The van der Waals surface area contributed by atoms with Crippen molar-refractivity contribution < 1.29 is 0 Å². The van der Waals surface area contributed by atoms with Crippen molar-refractivity contribution in [2.45, 2.75) is 33.7 Å². The average Bonchev–Trinajstić information content (AvgIpc) is 2.11.